The number of carbonyl (C=O) groups is 3. The highest BCUT2D eigenvalue weighted by molar-refractivity contribution is 7.17. The number of hydrogen-bond acceptors (Lipinski definition) is 8. The van der Waals surface area contributed by atoms with E-state index in [9.17, 15) is 14.4 Å². The lowest BCUT2D eigenvalue weighted by Gasteiger charge is -2.32. The molecule has 206 valence electrons. The standard InChI is InChI=1S/C30H35N3O5S/c1-5-37-30(36)27-20-11-10-18(4)14-24(20)39-28(27)32-25(34)16-38-29(35)26-19-8-6-7-9-22(19)31-23-12-13-33(17(2)3)15-21(23)26/h6-9,17-18H,5,10-16H2,1-4H3,(H,32,34). The van der Waals surface area contributed by atoms with Crippen molar-refractivity contribution in [3.05, 3.63) is 57.1 Å². The number of aromatic nitrogens is 1. The van der Waals surface area contributed by atoms with Crippen LogP contribution in [0.2, 0.25) is 0 Å². The number of rotatable bonds is 7. The summed E-state index contributed by atoms with van der Waals surface area (Å²) in [5.74, 6) is -0.947. The summed E-state index contributed by atoms with van der Waals surface area (Å²) in [5, 5.41) is 4.02. The van der Waals surface area contributed by atoms with Gasteiger partial charge in [0.25, 0.3) is 5.91 Å². The van der Waals surface area contributed by atoms with Crippen LogP contribution in [0.4, 0.5) is 5.00 Å². The third kappa shape index (κ3) is 5.56. The van der Waals surface area contributed by atoms with Gasteiger partial charge in [0.1, 0.15) is 5.00 Å². The molecule has 1 aliphatic carbocycles. The van der Waals surface area contributed by atoms with Crippen molar-refractivity contribution in [1.29, 1.82) is 0 Å². The molecule has 0 spiro atoms. The fourth-order valence-corrected chi connectivity index (χ4v) is 6.92. The van der Waals surface area contributed by atoms with E-state index in [-0.39, 0.29) is 6.61 Å². The number of hydrogen-bond donors (Lipinski definition) is 1. The van der Waals surface area contributed by atoms with Gasteiger partial charge < -0.3 is 14.8 Å². The number of esters is 2. The van der Waals surface area contributed by atoms with Crippen molar-refractivity contribution < 1.29 is 23.9 Å². The van der Waals surface area contributed by atoms with Gasteiger partial charge in [0.2, 0.25) is 0 Å². The second-order valence-corrected chi connectivity index (χ2v) is 11.7. The molecule has 1 N–H and O–H groups in total. The Labute approximate surface area is 232 Å². The molecule has 2 aliphatic rings. The van der Waals surface area contributed by atoms with Crippen LogP contribution in [0.5, 0.6) is 0 Å². The third-order valence-electron chi connectivity index (χ3n) is 7.59. The SMILES string of the molecule is CCOC(=O)c1c(NC(=O)COC(=O)c2c3c(nc4ccccc24)CCN(C(C)C)C3)sc2c1CCC(C)C2. The first-order valence-corrected chi connectivity index (χ1v) is 14.5. The first-order chi connectivity index (χ1) is 18.8. The minimum atomic E-state index is -0.546. The van der Waals surface area contributed by atoms with Gasteiger partial charge in [-0.05, 0) is 57.6 Å². The van der Waals surface area contributed by atoms with E-state index in [0.29, 0.717) is 34.6 Å². The number of benzene rings is 1. The number of para-hydroxylation sites is 1. The van der Waals surface area contributed by atoms with Crippen molar-refractivity contribution in [1.82, 2.24) is 9.88 Å². The van der Waals surface area contributed by atoms with Gasteiger partial charge in [-0.2, -0.15) is 0 Å². The largest absolute Gasteiger partial charge is 0.462 e. The molecule has 0 fully saturated rings. The van der Waals surface area contributed by atoms with E-state index in [1.54, 1.807) is 6.92 Å². The van der Waals surface area contributed by atoms with Crippen LogP contribution in [0.25, 0.3) is 10.9 Å². The second kappa shape index (κ2) is 11.4. The maximum Gasteiger partial charge on any atom is 0.341 e. The van der Waals surface area contributed by atoms with E-state index >= 15 is 0 Å². The minimum absolute atomic E-state index is 0.253. The molecule has 1 amide bonds. The molecule has 0 saturated carbocycles. The van der Waals surface area contributed by atoms with Crippen molar-refractivity contribution >= 4 is 45.1 Å². The van der Waals surface area contributed by atoms with Crippen LogP contribution < -0.4 is 5.32 Å². The Hall–Kier alpha value is -3.30. The van der Waals surface area contributed by atoms with E-state index in [0.717, 1.165) is 64.8 Å². The van der Waals surface area contributed by atoms with Crippen molar-refractivity contribution in [2.75, 3.05) is 25.1 Å². The molecule has 0 saturated heterocycles. The molecule has 3 heterocycles. The van der Waals surface area contributed by atoms with Crippen LogP contribution in [0.3, 0.4) is 0 Å². The van der Waals surface area contributed by atoms with Gasteiger partial charge in [0.05, 0.1) is 23.3 Å². The minimum Gasteiger partial charge on any atom is -0.462 e. The number of pyridine rings is 1. The lowest BCUT2D eigenvalue weighted by Crippen LogP contribution is -2.37. The van der Waals surface area contributed by atoms with E-state index in [1.807, 2.05) is 24.3 Å². The molecule has 2 aromatic heterocycles. The summed E-state index contributed by atoms with van der Waals surface area (Å²) in [5.41, 5.74) is 4.38. The Morgan fingerprint density at radius 1 is 1.10 bits per heavy atom. The molecule has 1 aliphatic heterocycles. The number of nitrogens with zero attached hydrogens (tertiary/aromatic N) is 2. The number of amides is 1. The highest BCUT2D eigenvalue weighted by atomic mass is 32.1. The summed E-state index contributed by atoms with van der Waals surface area (Å²) in [6.07, 6.45) is 3.38. The normalized spacial score (nSPS) is 17.0. The number of fused-ring (bicyclic) bond motifs is 3. The van der Waals surface area contributed by atoms with Crippen LogP contribution in [0.15, 0.2) is 24.3 Å². The summed E-state index contributed by atoms with van der Waals surface area (Å²) >= 11 is 1.42. The number of thiophene rings is 1. The first kappa shape index (κ1) is 27.3. The molecule has 39 heavy (non-hydrogen) atoms. The smallest absolute Gasteiger partial charge is 0.341 e. The van der Waals surface area contributed by atoms with Crippen molar-refractivity contribution in [2.24, 2.45) is 5.92 Å². The monoisotopic (exact) mass is 549 g/mol. The maximum atomic E-state index is 13.5. The summed E-state index contributed by atoms with van der Waals surface area (Å²) in [6, 6.07) is 7.86. The molecule has 1 atom stereocenters. The van der Waals surface area contributed by atoms with E-state index in [1.165, 1.54) is 11.3 Å². The zero-order valence-electron chi connectivity index (χ0n) is 23.0. The lowest BCUT2D eigenvalue weighted by molar-refractivity contribution is -0.119. The molecule has 1 unspecified atom stereocenters. The molecule has 0 bridgehead atoms. The molecule has 0 radical (unpaired) electrons. The average Bonchev–Trinajstić information content (AvgIpc) is 3.26. The summed E-state index contributed by atoms with van der Waals surface area (Å²) < 4.78 is 10.9. The number of anilines is 1. The zero-order valence-corrected chi connectivity index (χ0v) is 23.8. The van der Waals surface area contributed by atoms with Crippen LogP contribution >= 0.6 is 11.3 Å². The average molecular weight is 550 g/mol. The molecule has 8 nitrogen and oxygen atoms in total. The predicted octanol–water partition coefficient (Wildman–Crippen LogP) is 5.16. The summed E-state index contributed by atoms with van der Waals surface area (Å²) in [4.78, 5) is 47.5. The van der Waals surface area contributed by atoms with E-state index in [4.69, 9.17) is 14.5 Å². The quantitative estimate of drug-likeness (QED) is 0.407. The third-order valence-corrected chi connectivity index (χ3v) is 8.76. The number of carbonyl (C=O) groups excluding carboxylic acids is 3. The first-order valence-electron chi connectivity index (χ1n) is 13.7. The molecule has 1 aromatic carbocycles. The van der Waals surface area contributed by atoms with Crippen molar-refractivity contribution in [3.8, 4) is 0 Å². The molecule has 9 heteroatoms. The maximum absolute atomic E-state index is 13.5. The van der Waals surface area contributed by atoms with Crippen LogP contribution in [-0.2, 0) is 40.1 Å². The second-order valence-electron chi connectivity index (χ2n) is 10.6. The Balaban J connectivity index is 1.37. The van der Waals surface area contributed by atoms with Gasteiger partial charge in [-0.15, -0.1) is 11.3 Å². The Kier molecular flexibility index (Phi) is 8.00. The molecule has 3 aromatic rings. The summed E-state index contributed by atoms with van der Waals surface area (Å²) in [6.45, 7) is 9.49. The predicted molar refractivity (Wildman–Crippen MR) is 151 cm³/mol. The van der Waals surface area contributed by atoms with Gasteiger partial charge >= 0.3 is 11.9 Å². The topological polar surface area (TPSA) is 97.8 Å². The zero-order chi connectivity index (χ0) is 27.7. The molecule has 5 rings (SSSR count). The highest BCUT2D eigenvalue weighted by Crippen LogP contribution is 2.40. The van der Waals surface area contributed by atoms with Gasteiger partial charge in [-0.3, -0.25) is 14.7 Å². The fourth-order valence-electron chi connectivity index (χ4n) is 5.51. The number of ether oxygens (including phenoxy) is 2. The fraction of sp³-hybridized carbons (Fsp3) is 0.467. The van der Waals surface area contributed by atoms with Crippen molar-refractivity contribution in [3.63, 3.8) is 0 Å². The van der Waals surface area contributed by atoms with E-state index in [2.05, 4.69) is 31.0 Å². The lowest BCUT2D eigenvalue weighted by atomic mass is 9.88. The van der Waals surface area contributed by atoms with E-state index < -0.39 is 24.5 Å². The number of nitrogens with one attached hydrogen (secondary N) is 1. The van der Waals surface area contributed by atoms with Gasteiger partial charge in [-0.25, -0.2) is 9.59 Å². The molecular formula is C30H35N3O5S. The van der Waals surface area contributed by atoms with Gasteiger partial charge in [0.15, 0.2) is 6.61 Å². The van der Waals surface area contributed by atoms with Gasteiger partial charge in [0, 0.05) is 47.1 Å². The molecular weight excluding hydrogens is 514 g/mol. The Morgan fingerprint density at radius 3 is 2.64 bits per heavy atom. The van der Waals surface area contributed by atoms with Crippen LogP contribution in [-0.4, -0.2) is 53.5 Å². The Bertz CT molecular complexity index is 1430. The van der Waals surface area contributed by atoms with Crippen molar-refractivity contribution in [2.45, 2.75) is 66.0 Å². The Morgan fingerprint density at radius 2 is 1.87 bits per heavy atom. The summed E-state index contributed by atoms with van der Waals surface area (Å²) in [7, 11) is 0. The van der Waals surface area contributed by atoms with Crippen LogP contribution in [0.1, 0.15) is 76.5 Å². The van der Waals surface area contributed by atoms with Gasteiger partial charge in [-0.1, -0.05) is 25.1 Å². The van der Waals surface area contributed by atoms with Crippen LogP contribution in [0, 0.1) is 5.92 Å². The highest BCUT2D eigenvalue weighted by Gasteiger charge is 2.30.